The maximum absolute atomic E-state index is 12.4. The summed E-state index contributed by atoms with van der Waals surface area (Å²) in [6, 6.07) is 3.80. The molecule has 3 heterocycles. The predicted octanol–water partition coefficient (Wildman–Crippen LogP) is 1.68. The summed E-state index contributed by atoms with van der Waals surface area (Å²) < 4.78 is 16.8. The number of carbonyl (C=O) groups is 1. The SMILES string of the molecule is O=C1CC2CC3(CCC2(O)N1CCCc1ccco1)OCCO3. The number of aliphatic hydroxyl groups is 1. The number of hydrogen-bond donors (Lipinski definition) is 1. The largest absolute Gasteiger partial charge is 0.469 e. The minimum Gasteiger partial charge on any atom is -0.469 e. The van der Waals surface area contributed by atoms with E-state index in [-0.39, 0.29) is 11.8 Å². The van der Waals surface area contributed by atoms with Crippen molar-refractivity contribution >= 4 is 5.91 Å². The maximum Gasteiger partial charge on any atom is 0.225 e. The van der Waals surface area contributed by atoms with Crippen molar-refractivity contribution < 1.29 is 23.8 Å². The molecular formula is C17H23NO5. The van der Waals surface area contributed by atoms with Crippen LogP contribution in [0.25, 0.3) is 0 Å². The van der Waals surface area contributed by atoms with E-state index in [1.165, 1.54) is 0 Å². The van der Waals surface area contributed by atoms with E-state index in [1.807, 2.05) is 12.1 Å². The van der Waals surface area contributed by atoms with Crippen LogP contribution in [0.4, 0.5) is 0 Å². The lowest BCUT2D eigenvalue weighted by Crippen LogP contribution is -2.55. The normalized spacial score (nSPS) is 32.7. The van der Waals surface area contributed by atoms with Crippen molar-refractivity contribution in [2.75, 3.05) is 19.8 Å². The van der Waals surface area contributed by atoms with Crippen molar-refractivity contribution in [2.45, 2.75) is 50.0 Å². The summed E-state index contributed by atoms with van der Waals surface area (Å²) in [5.41, 5.74) is -1.04. The Morgan fingerprint density at radius 1 is 1.30 bits per heavy atom. The summed E-state index contributed by atoms with van der Waals surface area (Å²) in [6.45, 7) is 1.76. The molecular weight excluding hydrogens is 298 g/mol. The second kappa shape index (κ2) is 5.61. The molecule has 126 valence electrons. The Hall–Kier alpha value is -1.37. The third kappa shape index (κ3) is 2.58. The third-order valence-corrected chi connectivity index (χ3v) is 5.47. The first kappa shape index (κ1) is 15.2. The molecule has 1 aromatic heterocycles. The fourth-order valence-electron chi connectivity index (χ4n) is 4.29. The number of furan rings is 1. The Kier molecular flexibility index (Phi) is 3.70. The van der Waals surface area contributed by atoms with Crippen molar-refractivity contribution in [3.8, 4) is 0 Å². The molecule has 1 amide bonds. The van der Waals surface area contributed by atoms with Crippen LogP contribution in [0.15, 0.2) is 22.8 Å². The average Bonchev–Trinajstić information content (AvgIpc) is 3.24. The van der Waals surface area contributed by atoms with Crippen molar-refractivity contribution in [3.05, 3.63) is 24.2 Å². The molecule has 1 saturated carbocycles. The van der Waals surface area contributed by atoms with Gasteiger partial charge in [-0.2, -0.15) is 0 Å². The van der Waals surface area contributed by atoms with Gasteiger partial charge >= 0.3 is 0 Å². The van der Waals surface area contributed by atoms with Gasteiger partial charge in [0.1, 0.15) is 11.5 Å². The van der Waals surface area contributed by atoms with Crippen LogP contribution >= 0.6 is 0 Å². The van der Waals surface area contributed by atoms with Gasteiger partial charge in [-0.1, -0.05) is 0 Å². The fraction of sp³-hybridized carbons (Fsp3) is 0.706. The van der Waals surface area contributed by atoms with Crippen molar-refractivity contribution in [2.24, 2.45) is 5.92 Å². The summed E-state index contributed by atoms with van der Waals surface area (Å²) in [5, 5.41) is 11.1. The molecule has 1 aromatic rings. The molecule has 6 heteroatoms. The van der Waals surface area contributed by atoms with Gasteiger partial charge in [0.25, 0.3) is 0 Å². The van der Waals surface area contributed by atoms with Crippen LogP contribution < -0.4 is 0 Å². The molecule has 2 unspecified atom stereocenters. The number of amides is 1. The lowest BCUT2D eigenvalue weighted by Gasteiger charge is -2.46. The van der Waals surface area contributed by atoms with Crippen LogP contribution in [0.2, 0.25) is 0 Å². The molecule has 0 radical (unpaired) electrons. The van der Waals surface area contributed by atoms with E-state index in [1.54, 1.807) is 11.2 Å². The van der Waals surface area contributed by atoms with Gasteiger partial charge in [0.05, 0.1) is 19.5 Å². The van der Waals surface area contributed by atoms with Gasteiger partial charge in [-0.05, 0) is 18.6 Å². The number of carbonyl (C=O) groups excluding carboxylic acids is 1. The summed E-state index contributed by atoms with van der Waals surface area (Å²) in [7, 11) is 0. The van der Waals surface area contributed by atoms with Gasteiger partial charge < -0.3 is 23.9 Å². The molecule has 2 saturated heterocycles. The Bertz CT molecular complexity index is 566. The highest BCUT2D eigenvalue weighted by atomic mass is 16.7. The molecule has 3 aliphatic rings. The molecule has 6 nitrogen and oxygen atoms in total. The van der Waals surface area contributed by atoms with E-state index in [9.17, 15) is 9.90 Å². The molecule has 2 atom stereocenters. The second-order valence-electron chi connectivity index (χ2n) is 6.82. The van der Waals surface area contributed by atoms with E-state index in [2.05, 4.69) is 0 Å². The predicted molar refractivity (Wildman–Crippen MR) is 80.3 cm³/mol. The molecule has 0 bridgehead atoms. The number of ether oxygens (including phenoxy) is 2. The standard InChI is InChI=1S/C17H23NO5/c19-15-11-13-12-16(22-9-10-23-16)5-6-17(13,20)18(15)7-1-3-14-4-2-8-21-14/h2,4,8,13,20H,1,3,5-7,9-12H2. The van der Waals surface area contributed by atoms with Crippen LogP contribution in [0.1, 0.15) is 37.9 Å². The van der Waals surface area contributed by atoms with Crippen LogP contribution in [0.5, 0.6) is 0 Å². The Balaban J connectivity index is 1.41. The van der Waals surface area contributed by atoms with Gasteiger partial charge in [-0.25, -0.2) is 0 Å². The molecule has 1 spiro atoms. The van der Waals surface area contributed by atoms with E-state index in [4.69, 9.17) is 13.9 Å². The number of aryl methyl sites for hydroxylation is 1. The topological polar surface area (TPSA) is 72.1 Å². The molecule has 3 fully saturated rings. The zero-order valence-electron chi connectivity index (χ0n) is 13.2. The molecule has 2 aliphatic heterocycles. The summed E-state index contributed by atoms with van der Waals surface area (Å²) >= 11 is 0. The number of rotatable bonds is 4. The number of likely N-dealkylation sites (tertiary alicyclic amines) is 1. The van der Waals surface area contributed by atoms with Crippen LogP contribution in [-0.2, 0) is 20.7 Å². The first-order valence-corrected chi connectivity index (χ1v) is 8.44. The smallest absolute Gasteiger partial charge is 0.225 e. The van der Waals surface area contributed by atoms with Crippen molar-refractivity contribution in [1.82, 2.24) is 4.90 Å². The number of nitrogens with zero attached hydrogens (tertiary/aromatic N) is 1. The zero-order chi connectivity index (χ0) is 15.9. The minimum absolute atomic E-state index is 0.0343. The highest BCUT2D eigenvalue weighted by molar-refractivity contribution is 5.80. The fourth-order valence-corrected chi connectivity index (χ4v) is 4.29. The minimum atomic E-state index is -1.04. The van der Waals surface area contributed by atoms with E-state index >= 15 is 0 Å². The molecule has 1 N–H and O–H groups in total. The first-order valence-electron chi connectivity index (χ1n) is 8.44. The highest BCUT2D eigenvalue weighted by Gasteiger charge is 2.59. The second-order valence-corrected chi connectivity index (χ2v) is 6.82. The highest BCUT2D eigenvalue weighted by Crippen LogP contribution is 2.50. The van der Waals surface area contributed by atoms with E-state index in [0.29, 0.717) is 45.4 Å². The molecule has 0 aromatic carbocycles. The van der Waals surface area contributed by atoms with Crippen LogP contribution in [0, 0.1) is 5.92 Å². The molecule has 23 heavy (non-hydrogen) atoms. The van der Waals surface area contributed by atoms with Gasteiger partial charge in [-0.15, -0.1) is 0 Å². The van der Waals surface area contributed by atoms with Gasteiger partial charge in [0, 0.05) is 44.6 Å². The average molecular weight is 321 g/mol. The third-order valence-electron chi connectivity index (χ3n) is 5.47. The lowest BCUT2D eigenvalue weighted by molar-refractivity contribution is -0.238. The Morgan fingerprint density at radius 3 is 2.87 bits per heavy atom. The summed E-state index contributed by atoms with van der Waals surface area (Å²) in [5.74, 6) is 0.273. The molecule has 1 aliphatic carbocycles. The van der Waals surface area contributed by atoms with Crippen molar-refractivity contribution in [3.63, 3.8) is 0 Å². The lowest BCUT2D eigenvalue weighted by atomic mass is 9.78. The summed E-state index contributed by atoms with van der Waals surface area (Å²) in [4.78, 5) is 14.1. The van der Waals surface area contributed by atoms with E-state index < -0.39 is 11.5 Å². The van der Waals surface area contributed by atoms with Gasteiger partial charge in [0.2, 0.25) is 5.91 Å². The quantitative estimate of drug-likeness (QED) is 0.913. The number of hydrogen-bond acceptors (Lipinski definition) is 5. The number of fused-ring (bicyclic) bond motifs is 1. The van der Waals surface area contributed by atoms with Crippen LogP contribution in [0.3, 0.4) is 0 Å². The van der Waals surface area contributed by atoms with Crippen LogP contribution in [-0.4, -0.2) is 47.2 Å². The first-order chi connectivity index (χ1) is 11.1. The zero-order valence-corrected chi connectivity index (χ0v) is 13.2. The Labute approximate surface area is 135 Å². The monoisotopic (exact) mass is 321 g/mol. The van der Waals surface area contributed by atoms with Gasteiger partial charge in [-0.3, -0.25) is 4.79 Å². The summed E-state index contributed by atoms with van der Waals surface area (Å²) in [6.07, 6.45) is 5.35. The Morgan fingerprint density at radius 2 is 2.13 bits per heavy atom. The van der Waals surface area contributed by atoms with Crippen molar-refractivity contribution in [1.29, 1.82) is 0 Å². The van der Waals surface area contributed by atoms with Gasteiger partial charge in [0.15, 0.2) is 5.79 Å². The van der Waals surface area contributed by atoms with E-state index in [0.717, 1.165) is 18.6 Å². The molecule has 4 rings (SSSR count). The maximum atomic E-state index is 12.4.